The van der Waals surface area contributed by atoms with Crippen molar-refractivity contribution in [2.75, 3.05) is 24.4 Å². The molecule has 0 bridgehead atoms. The first-order valence-corrected chi connectivity index (χ1v) is 11.4. The summed E-state index contributed by atoms with van der Waals surface area (Å²) in [5, 5.41) is 9.41. The first-order chi connectivity index (χ1) is 15.6. The highest BCUT2D eigenvalue weighted by atomic mass is 35.5. The van der Waals surface area contributed by atoms with Crippen LogP contribution in [0.2, 0.25) is 5.02 Å². The third-order valence-corrected chi connectivity index (χ3v) is 4.85. The van der Waals surface area contributed by atoms with Crippen LogP contribution in [0, 0.1) is 0 Å². The quantitative estimate of drug-likeness (QED) is 0.406. The minimum atomic E-state index is -0.345. The number of halogens is 1. The maximum absolute atomic E-state index is 12.0. The van der Waals surface area contributed by atoms with Gasteiger partial charge in [0.25, 0.3) is 5.91 Å². The molecule has 0 aliphatic rings. The summed E-state index contributed by atoms with van der Waals surface area (Å²) in [4.78, 5) is 23.9. The van der Waals surface area contributed by atoms with Gasteiger partial charge in [-0.2, -0.15) is 0 Å². The highest BCUT2D eigenvalue weighted by Gasteiger charge is 2.17. The lowest BCUT2D eigenvalue weighted by molar-refractivity contribution is -0.124. The van der Waals surface area contributed by atoms with Crippen molar-refractivity contribution in [3.8, 4) is 11.5 Å². The Hall–Kier alpha value is -2.93. The van der Waals surface area contributed by atoms with Gasteiger partial charge in [-0.05, 0) is 69.2 Å². The van der Waals surface area contributed by atoms with Crippen LogP contribution in [0.5, 0.6) is 11.5 Å². The van der Waals surface area contributed by atoms with E-state index in [-0.39, 0.29) is 24.0 Å². The zero-order valence-corrected chi connectivity index (χ0v) is 20.8. The van der Waals surface area contributed by atoms with Crippen LogP contribution in [0.1, 0.15) is 52.5 Å². The summed E-state index contributed by atoms with van der Waals surface area (Å²) < 4.78 is 11.1. The normalized spacial score (nSPS) is 11.0. The van der Waals surface area contributed by atoms with Gasteiger partial charge >= 0.3 is 0 Å². The predicted octanol–water partition coefficient (Wildman–Crippen LogP) is 5.38. The van der Waals surface area contributed by atoms with Gasteiger partial charge in [-0.1, -0.05) is 24.9 Å². The van der Waals surface area contributed by atoms with Crippen LogP contribution in [-0.2, 0) is 16.1 Å². The molecule has 7 nitrogen and oxygen atoms in total. The van der Waals surface area contributed by atoms with E-state index >= 15 is 0 Å². The van der Waals surface area contributed by atoms with Gasteiger partial charge in [-0.25, -0.2) is 0 Å². The zero-order chi connectivity index (χ0) is 24.4. The van der Waals surface area contributed by atoms with E-state index in [1.54, 1.807) is 6.07 Å². The predicted molar refractivity (Wildman–Crippen MR) is 133 cm³/mol. The van der Waals surface area contributed by atoms with E-state index < -0.39 is 0 Å². The highest BCUT2D eigenvalue weighted by molar-refractivity contribution is 6.32. The number of nitrogens with one attached hydrogen (secondary N) is 3. The largest absolute Gasteiger partial charge is 0.493 e. The molecule has 0 saturated heterocycles. The maximum Gasteiger partial charge on any atom is 0.258 e. The van der Waals surface area contributed by atoms with Crippen LogP contribution >= 0.6 is 11.6 Å². The minimum absolute atomic E-state index is 0.0255. The first kappa shape index (κ1) is 26.3. The summed E-state index contributed by atoms with van der Waals surface area (Å²) in [6.07, 6.45) is 2.40. The fraction of sp³-hybridized carbons (Fsp3) is 0.440. The molecular formula is C25H34ClN3O4. The van der Waals surface area contributed by atoms with Crippen LogP contribution in [0.15, 0.2) is 36.4 Å². The number of hydrogen-bond donors (Lipinski definition) is 3. The van der Waals surface area contributed by atoms with Gasteiger partial charge in [0, 0.05) is 29.9 Å². The zero-order valence-electron chi connectivity index (χ0n) is 20.0. The Kier molecular flexibility index (Phi) is 9.85. The third-order valence-electron chi connectivity index (χ3n) is 4.57. The summed E-state index contributed by atoms with van der Waals surface area (Å²) in [6.45, 7) is 8.10. The number of carbonyl (C=O) groups is 2. The van der Waals surface area contributed by atoms with Crippen LogP contribution in [-0.4, -0.2) is 31.1 Å². The lowest BCUT2D eigenvalue weighted by Crippen LogP contribution is -2.43. The molecule has 0 fully saturated rings. The minimum Gasteiger partial charge on any atom is -0.493 e. The summed E-state index contributed by atoms with van der Waals surface area (Å²) in [7, 11) is 1.53. The number of amides is 2. The molecule has 2 amide bonds. The van der Waals surface area contributed by atoms with Crippen molar-refractivity contribution in [2.45, 2.75) is 59.0 Å². The average molecular weight is 476 g/mol. The van der Waals surface area contributed by atoms with E-state index in [0.29, 0.717) is 29.5 Å². The van der Waals surface area contributed by atoms with Crippen molar-refractivity contribution >= 4 is 34.8 Å². The Morgan fingerprint density at radius 1 is 1.03 bits per heavy atom. The molecule has 0 unspecified atom stereocenters. The van der Waals surface area contributed by atoms with Crippen LogP contribution in [0.4, 0.5) is 11.4 Å². The second-order valence-electron chi connectivity index (χ2n) is 8.78. The first-order valence-electron chi connectivity index (χ1n) is 11.0. The molecule has 2 rings (SSSR count). The number of ether oxygens (including phenoxy) is 2. The van der Waals surface area contributed by atoms with Crippen molar-refractivity contribution < 1.29 is 19.1 Å². The second-order valence-corrected chi connectivity index (χ2v) is 9.19. The number of anilines is 2. The molecule has 180 valence electrons. The summed E-state index contributed by atoms with van der Waals surface area (Å²) >= 11 is 6.41. The molecular weight excluding hydrogens is 442 g/mol. The van der Waals surface area contributed by atoms with Crippen LogP contribution in [0.3, 0.4) is 0 Å². The van der Waals surface area contributed by atoms with E-state index in [2.05, 4.69) is 22.9 Å². The van der Waals surface area contributed by atoms with Crippen LogP contribution in [0.25, 0.3) is 0 Å². The summed E-state index contributed by atoms with van der Waals surface area (Å²) in [6, 6.07) is 11.1. The number of rotatable bonds is 11. The summed E-state index contributed by atoms with van der Waals surface area (Å²) in [5.74, 6) is 0.567. The van der Waals surface area contributed by atoms with Crippen molar-refractivity contribution in [1.82, 2.24) is 5.32 Å². The lowest BCUT2D eigenvalue weighted by Gasteiger charge is -2.21. The topological polar surface area (TPSA) is 88.7 Å². The molecule has 0 spiro atoms. The number of benzene rings is 2. The monoisotopic (exact) mass is 475 g/mol. The molecule has 0 heterocycles. The molecule has 0 saturated carbocycles. The standard InChI is InChI=1S/C25H34ClN3O4/c1-6-7-8-22(30)28-19-11-9-18(10-12-19)27-15-17-13-20(26)24(21(14-17)32-5)33-16-23(31)29-25(2,3)4/h9-14,27H,6-8,15-16H2,1-5H3,(H,28,30)(H,29,31). The van der Waals surface area contributed by atoms with E-state index in [4.69, 9.17) is 21.1 Å². The highest BCUT2D eigenvalue weighted by Crippen LogP contribution is 2.36. The van der Waals surface area contributed by atoms with Crippen molar-refractivity contribution in [3.05, 3.63) is 47.0 Å². The van der Waals surface area contributed by atoms with E-state index in [9.17, 15) is 9.59 Å². The van der Waals surface area contributed by atoms with Crippen molar-refractivity contribution in [3.63, 3.8) is 0 Å². The lowest BCUT2D eigenvalue weighted by atomic mass is 10.1. The van der Waals surface area contributed by atoms with E-state index in [1.807, 2.05) is 51.1 Å². The molecule has 2 aromatic carbocycles. The molecule has 2 aromatic rings. The molecule has 33 heavy (non-hydrogen) atoms. The van der Waals surface area contributed by atoms with E-state index in [1.165, 1.54) is 7.11 Å². The van der Waals surface area contributed by atoms with Crippen LogP contribution < -0.4 is 25.4 Å². The van der Waals surface area contributed by atoms with Gasteiger partial charge in [0.05, 0.1) is 12.1 Å². The van der Waals surface area contributed by atoms with Crippen molar-refractivity contribution in [2.24, 2.45) is 0 Å². The number of methoxy groups -OCH3 is 1. The fourth-order valence-electron chi connectivity index (χ4n) is 3.04. The Bertz CT molecular complexity index is 940. The molecule has 0 atom stereocenters. The molecule has 0 aliphatic carbocycles. The molecule has 8 heteroatoms. The van der Waals surface area contributed by atoms with Gasteiger partial charge in [0.1, 0.15) is 0 Å². The Labute approximate surface area is 201 Å². The van der Waals surface area contributed by atoms with E-state index in [0.717, 1.165) is 29.8 Å². The SMILES string of the molecule is CCCCC(=O)Nc1ccc(NCc2cc(Cl)c(OCC(=O)NC(C)(C)C)c(OC)c2)cc1. The Morgan fingerprint density at radius 2 is 1.70 bits per heavy atom. The molecule has 0 aliphatic heterocycles. The third kappa shape index (κ3) is 9.22. The second kappa shape index (κ2) is 12.3. The fourth-order valence-corrected chi connectivity index (χ4v) is 3.33. The molecule has 0 aromatic heterocycles. The Balaban J connectivity index is 1.96. The molecule has 3 N–H and O–H groups in total. The van der Waals surface area contributed by atoms with Gasteiger partial charge in [-0.15, -0.1) is 0 Å². The number of carbonyl (C=O) groups excluding carboxylic acids is 2. The van der Waals surface area contributed by atoms with Gasteiger partial charge in [0.2, 0.25) is 5.91 Å². The summed E-state index contributed by atoms with van der Waals surface area (Å²) in [5.41, 5.74) is 2.21. The average Bonchev–Trinajstić information content (AvgIpc) is 2.74. The molecule has 0 radical (unpaired) electrons. The Morgan fingerprint density at radius 3 is 2.30 bits per heavy atom. The van der Waals surface area contributed by atoms with Gasteiger partial charge in [0.15, 0.2) is 18.1 Å². The number of hydrogen-bond acceptors (Lipinski definition) is 5. The van der Waals surface area contributed by atoms with Gasteiger partial charge < -0.3 is 25.4 Å². The van der Waals surface area contributed by atoms with Gasteiger partial charge in [-0.3, -0.25) is 9.59 Å². The maximum atomic E-state index is 12.0. The smallest absolute Gasteiger partial charge is 0.258 e. The van der Waals surface area contributed by atoms with Crippen molar-refractivity contribution in [1.29, 1.82) is 0 Å². The number of unbranched alkanes of at least 4 members (excludes halogenated alkanes) is 1.